The van der Waals surface area contributed by atoms with Gasteiger partial charge >= 0.3 is 0 Å². The lowest BCUT2D eigenvalue weighted by Crippen LogP contribution is -2.61. The Hall–Kier alpha value is -0.970. The molecule has 0 spiro atoms. The first-order valence-corrected chi connectivity index (χ1v) is 9.89. The van der Waals surface area contributed by atoms with Crippen LogP contribution < -0.4 is 4.74 Å². The largest absolute Gasteiger partial charge is 0.482 e. The normalized spacial score (nSPS) is 20.4. The van der Waals surface area contributed by atoms with Crippen LogP contribution in [0, 0.1) is 0 Å². The van der Waals surface area contributed by atoms with E-state index in [9.17, 15) is 4.79 Å². The standard InChI is InChI=1S/C19H26Cl2N2O2/c1-22(17(24)14-25-16-9-7-8-15(20)18(16)21)19(10-3-2-4-11-19)23-12-5-6-13-23/h7-9H,2-6,10-14H2,1H3. The third kappa shape index (κ3) is 3.91. The van der Waals surface area contributed by atoms with E-state index in [0.29, 0.717) is 15.8 Å². The van der Waals surface area contributed by atoms with E-state index in [2.05, 4.69) is 4.90 Å². The Bertz CT molecular complexity index is 611. The summed E-state index contributed by atoms with van der Waals surface area (Å²) in [6.07, 6.45) is 8.15. The number of amides is 1. The van der Waals surface area contributed by atoms with E-state index in [1.54, 1.807) is 18.2 Å². The molecule has 1 aromatic carbocycles. The van der Waals surface area contributed by atoms with Gasteiger partial charge in [-0.05, 0) is 50.7 Å². The van der Waals surface area contributed by atoms with Crippen molar-refractivity contribution in [2.45, 2.75) is 50.6 Å². The molecule has 0 aromatic heterocycles. The first-order chi connectivity index (χ1) is 12.0. The van der Waals surface area contributed by atoms with Crippen molar-refractivity contribution in [1.82, 2.24) is 9.80 Å². The van der Waals surface area contributed by atoms with E-state index in [1.807, 2.05) is 11.9 Å². The predicted octanol–water partition coefficient (Wildman–Crippen LogP) is 4.59. The lowest BCUT2D eigenvalue weighted by atomic mass is 9.86. The second-order valence-corrected chi connectivity index (χ2v) is 7.82. The predicted molar refractivity (Wildman–Crippen MR) is 101 cm³/mol. The molecule has 6 heteroatoms. The third-order valence-corrected chi connectivity index (χ3v) is 6.42. The molecule has 4 nitrogen and oxygen atoms in total. The molecule has 1 saturated carbocycles. The summed E-state index contributed by atoms with van der Waals surface area (Å²) in [5, 5.41) is 0.785. The molecule has 1 saturated heterocycles. The summed E-state index contributed by atoms with van der Waals surface area (Å²) in [6.45, 7) is 2.14. The van der Waals surface area contributed by atoms with Crippen LogP contribution in [0.2, 0.25) is 10.0 Å². The number of nitrogens with zero attached hydrogens (tertiary/aromatic N) is 2. The minimum Gasteiger partial charge on any atom is -0.482 e. The molecule has 138 valence electrons. The molecule has 1 heterocycles. The number of benzene rings is 1. The van der Waals surface area contributed by atoms with Gasteiger partial charge in [-0.1, -0.05) is 35.7 Å². The van der Waals surface area contributed by atoms with Gasteiger partial charge in [0.15, 0.2) is 6.61 Å². The number of likely N-dealkylation sites (N-methyl/N-ethyl adjacent to an activating group) is 1. The Kier molecular flexibility index (Phi) is 6.13. The van der Waals surface area contributed by atoms with Crippen LogP contribution in [0.5, 0.6) is 5.75 Å². The summed E-state index contributed by atoms with van der Waals surface area (Å²) in [6, 6.07) is 5.21. The van der Waals surface area contributed by atoms with Crippen molar-refractivity contribution in [1.29, 1.82) is 0 Å². The van der Waals surface area contributed by atoms with Crippen LogP contribution in [0.15, 0.2) is 18.2 Å². The highest BCUT2D eigenvalue weighted by Gasteiger charge is 2.44. The number of hydrogen-bond donors (Lipinski definition) is 0. The summed E-state index contributed by atoms with van der Waals surface area (Å²) in [5.41, 5.74) is -0.146. The smallest absolute Gasteiger partial charge is 0.261 e. The Morgan fingerprint density at radius 1 is 1.16 bits per heavy atom. The van der Waals surface area contributed by atoms with Crippen molar-refractivity contribution in [3.63, 3.8) is 0 Å². The third-order valence-electron chi connectivity index (χ3n) is 5.61. The Morgan fingerprint density at radius 3 is 2.52 bits per heavy atom. The van der Waals surface area contributed by atoms with E-state index in [-0.39, 0.29) is 18.2 Å². The van der Waals surface area contributed by atoms with Gasteiger partial charge in [0.2, 0.25) is 0 Å². The Labute approximate surface area is 160 Å². The van der Waals surface area contributed by atoms with Crippen molar-refractivity contribution >= 4 is 29.1 Å². The van der Waals surface area contributed by atoms with Crippen LogP contribution >= 0.6 is 23.2 Å². The zero-order chi connectivity index (χ0) is 17.9. The average molecular weight is 385 g/mol. The summed E-state index contributed by atoms with van der Waals surface area (Å²) in [5.74, 6) is 0.444. The van der Waals surface area contributed by atoms with Crippen molar-refractivity contribution in [3.05, 3.63) is 28.2 Å². The van der Waals surface area contributed by atoms with E-state index in [0.717, 1.165) is 25.9 Å². The van der Waals surface area contributed by atoms with Gasteiger partial charge in [0.1, 0.15) is 10.8 Å². The van der Waals surface area contributed by atoms with Gasteiger partial charge in [-0.25, -0.2) is 0 Å². The first-order valence-electron chi connectivity index (χ1n) is 9.13. The monoisotopic (exact) mass is 384 g/mol. The van der Waals surface area contributed by atoms with Crippen LogP contribution in [-0.2, 0) is 4.79 Å². The topological polar surface area (TPSA) is 32.8 Å². The fourth-order valence-electron chi connectivity index (χ4n) is 4.18. The van der Waals surface area contributed by atoms with E-state index >= 15 is 0 Å². The molecule has 25 heavy (non-hydrogen) atoms. The second-order valence-electron chi connectivity index (χ2n) is 7.03. The van der Waals surface area contributed by atoms with Crippen molar-refractivity contribution in [2.75, 3.05) is 26.7 Å². The summed E-state index contributed by atoms with van der Waals surface area (Å²) in [7, 11) is 1.93. The fourth-order valence-corrected chi connectivity index (χ4v) is 4.53. The highest BCUT2D eigenvalue weighted by molar-refractivity contribution is 6.42. The molecule has 1 aliphatic carbocycles. The van der Waals surface area contributed by atoms with Gasteiger partial charge in [-0.15, -0.1) is 0 Å². The second kappa shape index (κ2) is 8.15. The highest BCUT2D eigenvalue weighted by atomic mass is 35.5. The summed E-state index contributed by atoms with van der Waals surface area (Å²) >= 11 is 12.2. The van der Waals surface area contributed by atoms with Crippen LogP contribution in [-0.4, -0.2) is 48.1 Å². The minimum atomic E-state index is -0.146. The quantitative estimate of drug-likeness (QED) is 0.744. The molecule has 1 aromatic rings. The van der Waals surface area contributed by atoms with Crippen LogP contribution in [0.1, 0.15) is 44.9 Å². The van der Waals surface area contributed by atoms with Gasteiger partial charge < -0.3 is 9.64 Å². The first kappa shape index (κ1) is 18.8. The molecule has 0 atom stereocenters. The number of carbonyl (C=O) groups is 1. The molecule has 0 N–H and O–H groups in total. The maximum atomic E-state index is 12.9. The highest BCUT2D eigenvalue weighted by Crippen LogP contribution is 2.38. The number of rotatable bonds is 5. The SMILES string of the molecule is CN(C(=O)COc1cccc(Cl)c1Cl)C1(N2CCCC2)CCCCC1. The van der Waals surface area contributed by atoms with Gasteiger partial charge in [0.25, 0.3) is 5.91 Å². The van der Waals surface area contributed by atoms with Gasteiger partial charge in [-0.2, -0.15) is 0 Å². The van der Waals surface area contributed by atoms with Crippen LogP contribution in [0.4, 0.5) is 0 Å². The number of likely N-dealkylation sites (tertiary alicyclic amines) is 1. The average Bonchev–Trinajstić information content (AvgIpc) is 3.18. The molecule has 0 unspecified atom stereocenters. The van der Waals surface area contributed by atoms with Gasteiger partial charge in [0.05, 0.1) is 10.7 Å². The lowest BCUT2D eigenvalue weighted by Gasteiger charge is -2.50. The number of carbonyl (C=O) groups excluding carboxylic acids is 1. The van der Waals surface area contributed by atoms with Crippen molar-refractivity contribution < 1.29 is 9.53 Å². The zero-order valence-electron chi connectivity index (χ0n) is 14.8. The molecule has 3 rings (SSSR count). The number of halogens is 2. The Balaban J connectivity index is 1.69. The van der Waals surface area contributed by atoms with E-state index in [4.69, 9.17) is 27.9 Å². The molecule has 2 aliphatic rings. The maximum absolute atomic E-state index is 12.9. The van der Waals surface area contributed by atoms with Crippen molar-refractivity contribution in [3.8, 4) is 5.75 Å². The fraction of sp³-hybridized carbons (Fsp3) is 0.632. The molecule has 0 bridgehead atoms. The summed E-state index contributed by atoms with van der Waals surface area (Å²) in [4.78, 5) is 17.3. The molecular weight excluding hydrogens is 359 g/mol. The molecule has 1 aliphatic heterocycles. The van der Waals surface area contributed by atoms with Gasteiger partial charge in [-0.3, -0.25) is 9.69 Å². The molecule has 2 fully saturated rings. The summed E-state index contributed by atoms with van der Waals surface area (Å²) < 4.78 is 5.67. The lowest BCUT2D eigenvalue weighted by molar-refractivity contribution is -0.150. The van der Waals surface area contributed by atoms with Crippen LogP contribution in [0.25, 0.3) is 0 Å². The molecule has 1 amide bonds. The molecule has 0 radical (unpaired) electrons. The van der Waals surface area contributed by atoms with Crippen molar-refractivity contribution in [2.24, 2.45) is 0 Å². The van der Waals surface area contributed by atoms with Crippen LogP contribution in [0.3, 0.4) is 0 Å². The van der Waals surface area contributed by atoms with Gasteiger partial charge in [0, 0.05) is 20.1 Å². The minimum absolute atomic E-state index is 0.00941. The van der Waals surface area contributed by atoms with E-state index in [1.165, 1.54) is 32.1 Å². The zero-order valence-corrected chi connectivity index (χ0v) is 16.3. The van der Waals surface area contributed by atoms with E-state index < -0.39 is 0 Å². The Morgan fingerprint density at radius 2 is 1.84 bits per heavy atom. The maximum Gasteiger partial charge on any atom is 0.261 e. The molecular formula is C19H26Cl2N2O2. The number of ether oxygens (including phenoxy) is 1. The number of hydrogen-bond acceptors (Lipinski definition) is 3.